The number of likely N-dealkylation sites (N-methyl/N-ethyl adjacent to an activating group) is 1. The number of halogens is 3. The number of carbonyl (C=O) groups is 1. The zero-order chi connectivity index (χ0) is 16.1. The molecule has 2 rings (SSSR count). The molecule has 1 aromatic rings. The van der Waals surface area contributed by atoms with E-state index >= 15 is 0 Å². The third kappa shape index (κ3) is 2.88. The van der Waals surface area contributed by atoms with Crippen LogP contribution in [-0.4, -0.2) is 39.1 Å². The lowest BCUT2D eigenvalue weighted by Gasteiger charge is -2.45. The maximum atomic E-state index is 12.5. The Bertz CT molecular complexity index is 669. The number of alkyl halides is 3. The highest BCUT2D eigenvalue weighted by molar-refractivity contribution is 7.86. The van der Waals surface area contributed by atoms with Crippen molar-refractivity contribution in [3.05, 3.63) is 35.4 Å². The molecule has 1 fully saturated rings. The molecule has 0 spiro atoms. The Hall–Kier alpha value is -1.61. The van der Waals surface area contributed by atoms with Crippen molar-refractivity contribution >= 4 is 16.0 Å². The van der Waals surface area contributed by atoms with Crippen LogP contribution in [0.4, 0.5) is 13.2 Å². The number of hydrogen-bond donors (Lipinski definition) is 0. The highest BCUT2D eigenvalue weighted by atomic mass is 32.2. The molecule has 1 aromatic carbocycles. The molecule has 0 bridgehead atoms. The highest BCUT2D eigenvalue weighted by Gasteiger charge is 2.55. The van der Waals surface area contributed by atoms with E-state index in [1.165, 1.54) is 11.9 Å². The van der Waals surface area contributed by atoms with Crippen molar-refractivity contribution < 1.29 is 30.6 Å². The molecule has 0 radical (unpaired) electrons. The first-order chi connectivity index (χ1) is 9.46. The normalized spacial score (nSPS) is 23.1. The second-order valence-electron chi connectivity index (χ2n) is 4.85. The molecule has 1 unspecified atom stereocenters. The Morgan fingerprint density at radius 2 is 1.76 bits per heavy atom. The molecule has 0 aliphatic carbocycles. The maximum absolute atomic E-state index is 12.5. The SMILES string of the molecule is CN1CC(OS(C)(=O)=O)(c2ccc(C(F)(F)F)cc2)C1=O. The summed E-state index contributed by atoms with van der Waals surface area (Å²) in [6.45, 7) is -0.0513. The van der Waals surface area contributed by atoms with Gasteiger partial charge in [0.2, 0.25) is 5.60 Å². The third-order valence-electron chi connectivity index (χ3n) is 3.12. The molecule has 1 saturated heterocycles. The summed E-state index contributed by atoms with van der Waals surface area (Å²) in [6, 6.07) is 3.68. The van der Waals surface area contributed by atoms with Gasteiger partial charge in [-0.3, -0.25) is 4.79 Å². The summed E-state index contributed by atoms with van der Waals surface area (Å²) in [5.41, 5.74) is -2.59. The van der Waals surface area contributed by atoms with E-state index in [1.807, 2.05) is 0 Å². The quantitative estimate of drug-likeness (QED) is 0.622. The van der Waals surface area contributed by atoms with Crippen LogP contribution >= 0.6 is 0 Å². The lowest BCUT2D eigenvalue weighted by molar-refractivity contribution is -0.168. The summed E-state index contributed by atoms with van der Waals surface area (Å²) in [5, 5.41) is 0. The fourth-order valence-corrected chi connectivity index (χ4v) is 2.94. The summed E-state index contributed by atoms with van der Waals surface area (Å²) in [5.74, 6) is -0.618. The Labute approximate surface area is 119 Å². The molecule has 21 heavy (non-hydrogen) atoms. The van der Waals surface area contributed by atoms with Gasteiger partial charge in [0.25, 0.3) is 16.0 Å². The number of likely N-dealkylation sites (tertiary alicyclic amines) is 1. The van der Waals surface area contributed by atoms with Crippen molar-refractivity contribution in [3.63, 3.8) is 0 Å². The standard InChI is InChI=1S/C12H12F3NO4S/c1-16-7-11(10(16)17,20-21(2,18)19)8-3-5-9(6-4-8)12(13,14)15/h3-6H,7H2,1-2H3. The summed E-state index contributed by atoms with van der Waals surface area (Å²) in [7, 11) is -2.51. The topological polar surface area (TPSA) is 63.7 Å². The molecule has 5 nitrogen and oxygen atoms in total. The monoisotopic (exact) mass is 323 g/mol. The second kappa shape index (κ2) is 4.70. The minimum absolute atomic E-state index is 0.0513. The lowest BCUT2D eigenvalue weighted by Crippen LogP contribution is -2.64. The second-order valence-corrected chi connectivity index (χ2v) is 6.43. The lowest BCUT2D eigenvalue weighted by atomic mass is 9.85. The van der Waals surface area contributed by atoms with E-state index in [0.29, 0.717) is 0 Å². The van der Waals surface area contributed by atoms with Crippen LogP contribution < -0.4 is 0 Å². The molecular weight excluding hydrogens is 311 g/mol. The summed E-state index contributed by atoms with van der Waals surface area (Å²) in [6.07, 6.45) is -3.73. The molecule has 0 saturated carbocycles. The van der Waals surface area contributed by atoms with Crippen molar-refractivity contribution in [2.24, 2.45) is 0 Å². The van der Waals surface area contributed by atoms with Gasteiger partial charge in [-0.05, 0) is 17.7 Å². The van der Waals surface area contributed by atoms with Crippen molar-refractivity contribution in [2.75, 3.05) is 19.8 Å². The average Bonchev–Trinajstić information content (AvgIpc) is 2.35. The summed E-state index contributed by atoms with van der Waals surface area (Å²) in [4.78, 5) is 13.2. The maximum Gasteiger partial charge on any atom is 0.416 e. The van der Waals surface area contributed by atoms with Crippen molar-refractivity contribution in [2.45, 2.75) is 11.8 Å². The summed E-state index contributed by atoms with van der Waals surface area (Å²) < 4.78 is 65.1. The van der Waals surface area contributed by atoms with Gasteiger partial charge in [-0.25, -0.2) is 4.18 Å². The molecule has 0 aromatic heterocycles. The highest BCUT2D eigenvalue weighted by Crippen LogP contribution is 2.39. The van der Waals surface area contributed by atoms with Gasteiger partial charge in [0.15, 0.2) is 0 Å². The molecule has 1 heterocycles. The first kappa shape index (κ1) is 15.8. The zero-order valence-electron chi connectivity index (χ0n) is 11.1. The number of amides is 1. The van der Waals surface area contributed by atoms with Gasteiger partial charge >= 0.3 is 6.18 Å². The first-order valence-electron chi connectivity index (χ1n) is 5.80. The minimum atomic E-state index is -4.51. The van der Waals surface area contributed by atoms with Crippen LogP contribution in [-0.2, 0) is 30.9 Å². The number of carbonyl (C=O) groups excluding carboxylic acids is 1. The fourth-order valence-electron chi connectivity index (χ4n) is 2.20. The van der Waals surface area contributed by atoms with E-state index in [4.69, 9.17) is 4.18 Å². The van der Waals surface area contributed by atoms with Crippen LogP contribution in [0.25, 0.3) is 0 Å². The third-order valence-corrected chi connectivity index (χ3v) is 3.71. The van der Waals surface area contributed by atoms with Crippen LogP contribution in [0.2, 0.25) is 0 Å². The number of β-lactam (4-membered cyclic amide) rings is 1. The number of nitrogens with zero attached hydrogens (tertiary/aromatic N) is 1. The molecular formula is C12H12F3NO4S. The van der Waals surface area contributed by atoms with Gasteiger partial charge in [0, 0.05) is 7.05 Å². The Kier molecular flexibility index (Phi) is 3.53. The Balaban J connectivity index is 2.42. The Morgan fingerprint density at radius 3 is 2.10 bits per heavy atom. The minimum Gasteiger partial charge on any atom is -0.339 e. The number of hydrogen-bond acceptors (Lipinski definition) is 4. The zero-order valence-corrected chi connectivity index (χ0v) is 12.0. The fraction of sp³-hybridized carbons (Fsp3) is 0.417. The van der Waals surface area contributed by atoms with Gasteiger partial charge in [-0.1, -0.05) is 12.1 Å². The van der Waals surface area contributed by atoms with Crippen LogP contribution in [0.5, 0.6) is 0 Å². The first-order valence-corrected chi connectivity index (χ1v) is 7.61. The van der Waals surface area contributed by atoms with Crippen LogP contribution in [0.1, 0.15) is 11.1 Å². The van der Waals surface area contributed by atoms with E-state index in [-0.39, 0.29) is 12.1 Å². The van der Waals surface area contributed by atoms with Gasteiger partial charge in [-0.2, -0.15) is 21.6 Å². The molecule has 1 amide bonds. The van der Waals surface area contributed by atoms with Crippen molar-refractivity contribution in [3.8, 4) is 0 Å². The van der Waals surface area contributed by atoms with E-state index in [1.54, 1.807) is 0 Å². The predicted molar refractivity (Wildman–Crippen MR) is 66.7 cm³/mol. The molecule has 0 N–H and O–H groups in total. The average molecular weight is 323 g/mol. The molecule has 9 heteroatoms. The van der Waals surface area contributed by atoms with Gasteiger partial charge in [0.05, 0.1) is 18.4 Å². The number of rotatable bonds is 3. The smallest absolute Gasteiger partial charge is 0.339 e. The molecule has 1 aliphatic rings. The van der Waals surface area contributed by atoms with Crippen LogP contribution in [0.3, 0.4) is 0 Å². The number of benzene rings is 1. The molecule has 1 atom stereocenters. The van der Waals surface area contributed by atoms with E-state index in [9.17, 15) is 26.4 Å². The Morgan fingerprint density at radius 1 is 1.24 bits per heavy atom. The van der Waals surface area contributed by atoms with Gasteiger partial charge in [-0.15, -0.1) is 0 Å². The predicted octanol–water partition coefficient (Wildman–Crippen LogP) is 1.35. The van der Waals surface area contributed by atoms with Crippen molar-refractivity contribution in [1.29, 1.82) is 0 Å². The molecule has 1 aliphatic heterocycles. The summed E-state index contributed by atoms with van der Waals surface area (Å²) >= 11 is 0. The van der Waals surface area contributed by atoms with Crippen LogP contribution in [0.15, 0.2) is 24.3 Å². The molecule has 116 valence electrons. The largest absolute Gasteiger partial charge is 0.416 e. The van der Waals surface area contributed by atoms with Crippen molar-refractivity contribution in [1.82, 2.24) is 4.90 Å². The van der Waals surface area contributed by atoms with Gasteiger partial charge in [0.1, 0.15) is 0 Å². The van der Waals surface area contributed by atoms with Crippen LogP contribution in [0, 0.1) is 0 Å². The van der Waals surface area contributed by atoms with E-state index < -0.39 is 33.4 Å². The van der Waals surface area contributed by atoms with Gasteiger partial charge < -0.3 is 4.90 Å². The van der Waals surface area contributed by atoms with E-state index in [2.05, 4.69) is 0 Å². The van der Waals surface area contributed by atoms with E-state index in [0.717, 1.165) is 30.5 Å².